The van der Waals surface area contributed by atoms with E-state index >= 15 is 0 Å². The summed E-state index contributed by atoms with van der Waals surface area (Å²) >= 11 is 0.765. The van der Waals surface area contributed by atoms with Crippen LogP contribution in [0.15, 0.2) is 121 Å². The summed E-state index contributed by atoms with van der Waals surface area (Å²) < 4.78 is 6.02. The fraction of sp³-hybridized carbons (Fsp3) is 0.0938. The second-order valence-electron chi connectivity index (χ2n) is 8.50. The molecule has 1 aromatic heterocycles. The van der Waals surface area contributed by atoms with Crippen molar-refractivity contribution in [2.24, 2.45) is 0 Å². The van der Waals surface area contributed by atoms with Crippen LogP contribution in [0.2, 0.25) is 0 Å². The molecule has 4 aromatic carbocycles. The molecule has 2 atom stereocenters. The Morgan fingerprint density at radius 2 is 1.18 bits per heavy atom. The molecule has 1 aliphatic heterocycles. The predicted octanol–water partition coefficient (Wildman–Crippen LogP) is 3.01. The van der Waals surface area contributed by atoms with Crippen molar-refractivity contribution < 1.29 is 30.3 Å². The molecular weight excluding hydrogens is 780 g/mol. The zero-order chi connectivity index (χ0) is 25.5. The molecule has 0 amide bonds. The molecule has 6 rings (SSSR count). The van der Waals surface area contributed by atoms with E-state index in [4.69, 9.17) is 0 Å². The van der Waals surface area contributed by atoms with E-state index in [0.29, 0.717) is 36.3 Å². The first-order chi connectivity index (χ1) is 18.2. The fourth-order valence-electron chi connectivity index (χ4n) is 4.03. The molecule has 1 radical (unpaired) electrons. The molecule has 0 saturated heterocycles. The summed E-state index contributed by atoms with van der Waals surface area (Å²) in [6, 6.07) is 41.4. The topological polar surface area (TPSA) is 53.4 Å². The van der Waals surface area contributed by atoms with Gasteiger partial charge in [-0.3, -0.25) is 0 Å². The average molecular weight is 807 g/mol. The van der Waals surface area contributed by atoms with Gasteiger partial charge in [-0.1, -0.05) is 60.7 Å². The van der Waals surface area contributed by atoms with Gasteiger partial charge in [0.05, 0.1) is 12.2 Å². The number of rotatable bonds is 5. The first-order valence-electron chi connectivity index (χ1n) is 12.1. The SMILES string of the molecule is OC(CC(O)c1ccccc1)c1ccccc1.[Ir].[c-]1ccc2c(c1-c1ccccn1)[Se]c1ccccc1[Se]2. The zero-order valence-corrected chi connectivity index (χ0v) is 26.2. The van der Waals surface area contributed by atoms with Crippen LogP contribution in [0.4, 0.5) is 0 Å². The molecule has 5 aromatic rings. The van der Waals surface area contributed by atoms with Crippen molar-refractivity contribution in [3.8, 4) is 11.3 Å². The van der Waals surface area contributed by atoms with E-state index in [1.165, 1.54) is 23.4 Å². The van der Waals surface area contributed by atoms with Crippen LogP contribution in [-0.4, -0.2) is 45.1 Å². The third-order valence-corrected chi connectivity index (χ3v) is 12.2. The molecular formula is C32H26IrNO2Se2-. The van der Waals surface area contributed by atoms with Crippen LogP contribution in [0, 0.1) is 6.07 Å². The van der Waals surface area contributed by atoms with Crippen molar-refractivity contribution in [3.05, 3.63) is 139 Å². The maximum atomic E-state index is 9.99. The van der Waals surface area contributed by atoms with Gasteiger partial charge in [0.1, 0.15) is 0 Å². The Labute approximate surface area is 250 Å². The van der Waals surface area contributed by atoms with Crippen molar-refractivity contribution >= 4 is 47.8 Å². The van der Waals surface area contributed by atoms with Crippen molar-refractivity contribution in [1.82, 2.24) is 4.98 Å². The van der Waals surface area contributed by atoms with E-state index < -0.39 is 12.2 Å². The van der Waals surface area contributed by atoms with Crippen molar-refractivity contribution in [2.75, 3.05) is 0 Å². The summed E-state index contributed by atoms with van der Waals surface area (Å²) in [6.45, 7) is 0. The summed E-state index contributed by atoms with van der Waals surface area (Å²) in [4.78, 5) is 4.50. The van der Waals surface area contributed by atoms with Gasteiger partial charge in [-0.2, -0.15) is 0 Å². The van der Waals surface area contributed by atoms with E-state index in [-0.39, 0.29) is 20.1 Å². The number of aliphatic hydroxyl groups excluding tert-OH is 2. The number of hydrogen-bond donors (Lipinski definition) is 2. The molecule has 0 fully saturated rings. The number of pyridine rings is 1. The molecule has 3 nitrogen and oxygen atoms in total. The van der Waals surface area contributed by atoms with Crippen LogP contribution in [0.1, 0.15) is 29.8 Å². The minimum absolute atomic E-state index is 0. The van der Waals surface area contributed by atoms with Crippen molar-refractivity contribution in [1.29, 1.82) is 0 Å². The second kappa shape index (κ2) is 14.1. The second-order valence-corrected chi connectivity index (χ2v) is 13.0. The Kier molecular flexibility index (Phi) is 10.7. The predicted molar refractivity (Wildman–Crippen MR) is 152 cm³/mol. The van der Waals surface area contributed by atoms with Crippen LogP contribution >= 0.6 is 0 Å². The molecule has 0 saturated carbocycles. The molecule has 1 aliphatic rings. The molecule has 193 valence electrons. The van der Waals surface area contributed by atoms with Crippen molar-refractivity contribution in [3.63, 3.8) is 0 Å². The Morgan fingerprint density at radius 3 is 1.76 bits per heavy atom. The normalized spacial score (nSPS) is 13.0. The maximum absolute atomic E-state index is 9.99. The van der Waals surface area contributed by atoms with Crippen molar-refractivity contribution in [2.45, 2.75) is 18.6 Å². The Balaban J connectivity index is 0.000000175. The molecule has 2 N–H and O–H groups in total. The van der Waals surface area contributed by atoms with Crippen LogP contribution in [0.3, 0.4) is 0 Å². The summed E-state index contributed by atoms with van der Waals surface area (Å²) in [6.07, 6.45) is 0.906. The molecule has 2 unspecified atom stereocenters. The van der Waals surface area contributed by atoms with E-state index in [1.54, 1.807) is 0 Å². The Hall–Kier alpha value is -2.36. The van der Waals surface area contributed by atoms with E-state index in [1.807, 2.05) is 79.0 Å². The molecule has 6 heteroatoms. The van der Waals surface area contributed by atoms with Gasteiger partial charge in [-0.15, -0.1) is 0 Å². The minimum atomic E-state index is -0.633. The van der Waals surface area contributed by atoms with Gasteiger partial charge < -0.3 is 10.2 Å². The summed E-state index contributed by atoms with van der Waals surface area (Å²) in [5.74, 6) is 0. The van der Waals surface area contributed by atoms with Crippen LogP contribution < -0.4 is 17.8 Å². The summed E-state index contributed by atoms with van der Waals surface area (Å²) in [5.41, 5.74) is 3.91. The van der Waals surface area contributed by atoms with Gasteiger partial charge in [0.2, 0.25) is 0 Å². The molecule has 2 heterocycles. The van der Waals surface area contributed by atoms with Crippen LogP contribution in [0.25, 0.3) is 11.3 Å². The van der Waals surface area contributed by atoms with Gasteiger partial charge in [0.25, 0.3) is 0 Å². The third-order valence-electron chi connectivity index (χ3n) is 5.93. The molecule has 0 bridgehead atoms. The zero-order valence-electron chi connectivity index (χ0n) is 20.4. The quantitative estimate of drug-likeness (QED) is 0.209. The Morgan fingerprint density at radius 1 is 0.632 bits per heavy atom. The number of aromatic nitrogens is 1. The summed E-state index contributed by atoms with van der Waals surface area (Å²) in [7, 11) is 0. The summed E-state index contributed by atoms with van der Waals surface area (Å²) in [5, 5.41) is 20.0. The fourth-order valence-corrected chi connectivity index (χ4v) is 9.73. The third kappa shape index (κ3) is 7.18. The Bertz CT molecular complexity index is 1390. The number of nitrogens with zero attached hydrogens (tertiary/aromatic N) is 1. The van der Waals surface area contributed by atoms with E-state index in [2.05, 4.69) is 53.5 Å². The molecule has 38 heavy (non-hydrogen) atoms. The first-order valence-corrected chi connectivity index (χ1v) is 15.5. The van der Waals surface area contributed by atoms with Gasteiger partial charge in [-0.25, -0.2) is 0 Å². The van der Waals surface area contributed by atoms with Crippen LogP contribution in [-0.2, 0) is 20.1 Å². The number of benzene rings is 4. The molecule has 0 spiro atoms. The van der Waals surface area contributed by atoms with Crippen LogP contribution in [0.5, 0.6) is 0 Å². The van der Waals surface area contributed by atoms with Gasteiger partial charge in [0.15, 0.2) is 0 Å². The first kappa shape index (κ1) is 28.6. The average Bonchev–Trinajstić information content (AvgIpc) is 2.97. The number of fused-ring (bicyclic) bond motifs is 2. The molecule has 0 aliphatic carbocycles. The van der Waals surface area contributed by atoms with E-state index in [0.717, 1.165) is 16.8 Å². The number of aliphatic hydroxyl groups is 2. The van der Waals surface area contributed by atoms with Gasteiger partial charge >= 0.3 is 131 Å². The standard InChI is InChI=1S/C17H10NSe2.C15H16O2.Ir/c1-2-9-15-14(8-1)19-16-10-5-6-12(17(16)20-15)13-7-3-4-11-18-13;16-14(12-7-3-1-4-8-12)11-15(17)13-9-5-2-6-10-13;/h1-5,7-11H;1-10,14-17H,11H2;/q-1;;. The van der Waals surface area contributed by atoms with Gasteiger partial charge in [0, 0.05) is 26.5 Å². The number of hydrogen-bond acceptors (Lipinski definition) is 3. The van der Waals surface area contributed by atoms with E-state index in [9.17, 15) is 10.2 Å². The monoisotopic (exact) mass is 809 g/mol. The van der Waals surface area contributed by atoms with Gasteiger partial charge in [-0.05, 0) is 11.1 Å².